The Kier molecular flexibility index (Phi) is 5.48. The minimum absolute atomic E-state index is 0.276. The maximum atomic E-state index is 5.70. The van der Waals surface area contributed by atoms with Crippen LogP contribution in [0.15, 0.2) is 18.2 Å². The smallest absolute Gasteiger partial charge is 0.161 e. The van der Waals surface area contributed by atoms with Crippen molar-refractivity contribution in [2.24, 2.45) is 0 Å². The molecule has 0 bridgehead atoms. The first-order chi connectivity index (χ1) is 9.31. The lowest BCUT2D eigenvalue weighted by Gasteiger charge is -2.16. The highest BCUT2D eigenvalue weighted by atomic mass is 16.5. The van der Waals surface area contributed by atoms with Crippen LogP contribution >= 0.6 is 0 Å². The van der Waals surface area contributed by atoms with E-state index in [1.807, 2.05) is 13.0 Å². The second-order valence-electron chi connectivity index (χ2n) is 4.63. The van der Waals surface area contributed by atoms with Crippen molar-refractivity contribution in [2.45, 2.75) is 26.3 Å². The number of nitrogens with one attached hydrogen (secondary N) is 1. The number of hydrogen-bond donors (Lipinski definition) is 1. The number of fused-ring (bicyclic) bond motifs is 1. The largest absolute Gasteiger partial charge is 0.490 e. The molecule has 1 N–H and O–H groups in total. The van der Waals surface area contributed by atoms with E-state index in [9.17, 15) is 0 Å². The zero-order valence-corrected chi connectivity index (χ0v) is 11.8. The fourth-order valence-corrected chi connectivity index (χ4v) is 2.06. The molecule has 1 heterocycles. The van der Waals surface area contributed by atoms with Gasteiger partial charge < -0.3 is 19.5 Å². The Morgan fingerprint density at radius 2 is 2.05 bits per heavy atom. The van der Waals surface area contributed by atoms with Gasteiger partial charge in [-0.3, -0.25) is 0 Å². The molecule has 0 saturated heterocycles. The fraction of sp³-hybridized carbons (Fsp3) is 0.600. The van der Waals surface area contributed by atoms with Gasteiger partial charge in [-0.25, -0.2) is 0 Å². The molecule has 1 unspecified atom stereocenters. The summed E-state index contributed by atoms with van der Waals surface area (Å²) in [6, 6.07) is 6.43. The molecular formula is C15H23NO3. The number of hydrogen-bond acceptors (Lipinski definition) is 4. The van der Waals surface area contributed by atoms with Crippen LogP contribution in [0.5, 0.6) is 11.5 Å². The van der Waals surface area contributed by atoms with Crippen molar-refractivity contribution in [3.63, 3.8) is 0 Å². The minimum atomic E-state index is 0.276. The molecule has 1 atom stereocenters. The van der Waals surface area contributed by atoms with Crippen LogP contribution in [0, 0.1) is 0 Å². The second-order valence-corrected chi connectivity index (χ2v) is 4.63. The standard InChI is InChI=1S/C15H23NO3/c1-3-17-10-7-16-12(2)13-5-6-14-15(11-13)19-9-4-8-18-14/h5-6,11-12,16H,3-4,7-10H2,1-2H3. The van der Waals surface area contributed by atoms with Crippen molar-refractivity contribution >= 4 is 0 Å². The van der Waals surface area contributed by atoms with Crippen LogP contribution in [-0.4, -0.2) is 33.0 Å². The molecule has 1 aromatic carbocycles. The van der Waals surface area contributed by atoms with E-state index in [4.69, 9.17) is 14.2 Å². The SMILES string of the molecule is CCOCCNC(C)c1ccc2c(c1)OCCCO2. The van der Waals surface area contributed by atoms with E-state index in [0.717, 1.165) is 50.9 Å². The Balaban J connectivity index is 1.94. The molecule has 2 rings (SSSR count). The highest BCUT2D eigenvalue weighted by Crippen LogP contribution is 2.32. The van der Waals surface area contributed by atoms with Gasteiger partial charge in [-0.1, -0.05) is 6.07 Å². The summed E-state index contributed by atoms with van der Waals surface area (Å²) in [7, 11) is 0. The highest BCUT2D eigenvalue weighted by Gasteiger charge is 2.13. The van der Waals surface area contributed by atoms with Gasteiger partial charge in [0, 0.05) is 25.6 Å². The van der Waals surface area contributed by atoms with Crippen molar-refractivity contribution < 1.29 is 14.2 Å². The summed E-state index contributed by atoms with van der Waals surface area (Å²) in [6.45, 7) is 7.96. The molecule has 1 aliphatic heterocycles. The van der Waals surface area contributed by atoms with Crippen LogP contribution in [0.3, 0.4) is 0 Å². The third-order valence-corrected chi connectivity index (χ3v) is 3.17. The zero-order chi connectivity index (χ0) is 13.5. The molecule has 0 radical (unpaired) electrons. The molecule has 0 aromatic heterocycles. The normalized spacial score (nSPS) is 15.9. The second kappa shape index (κ2) is 7.36. The average Bonchev–Trinajstić information content (AvgIpc) is 2.67. The van der Waals surface area contributed by atoms with Crippen molar-refractivity contribution in [1.82, 2.24) is 5.32 Å². The minimum Gasteiger partial charge on any atom is -0.490 e. The Labute approximate surface area is 115 Å². The topological polar surface area (TPSA) is 39.7 Å². The van der Waals surface area contributed by atoms with E-state index < -0.39 is 0 Å². The molecule has 0 saturated carbocycles. The van der Waals surface area contributed by atoms with Gasteiger partial charge in [0.1, 0.15) is 0 Å². The molecular weight excluding hydrogens is 242 g/mol. The molecule has 4 nitrogen and oxygen atoms in total. The molecule has 1 aromatic rings. The maximum Gasteiger partial charge on any atom is 0.161 e. The van der Waals surface area contributed by atoms with Crippen molar-refractivity contribution in [2.75, 3.05) is 33.0 Å². The van der Waals surface area contributed by atoms with Gasteiger partial charge in [-0.15, -0.1) is 0 Å². The summed E-state index contributed by atoms with van der Waals surface area (Å²) in [5.41, 5.74) is 1.21. The predicted octanol–water partition coefficient (Wildman–Crippen LogP) is 2.54. The maximum absolute atomic E-state index is 5.70. The average molecular weight is 265 g/mol. The Hall–Kier alpha value is -1.26. The Morgan fingerprint density at radius 1 is 1.26 bits per heavy atom. The molecule has 1 aliphatic rings. The van der Waals surface area contributed by atoms with Crippen molar-refractivity contribution in [3.05, 3.63) is 23.8 Å². The summed E-state index contributed by atoms with van der Waals surface area (Å²) in [5.74, 6) is 1.70. The van der Waals surface area contributed by atoms with E-state index >= 15 is 0 Å². The summed E-state index contributed by atoms with van der Waals surface area (Å²) in [6.07, 6.45) is 0.937. The third kappa shape index (κ3) is 4.11. The van der Waals surface area contributed by atoms with Crippen LogP contribution in [0.25, 0.3) is 0 Å². The van der Waals surface area contributed by atoms with Crippen LogP contribution in [0.1, 0.15) is 31.9 Å². The molecule has 19 heavy (non-hydrogen) atoms. The molecule has 106 valence electrons. The van der Waals surface area contributed by atoms with Crippen LogP contribution < -0.4 is 14.8 Å². The van der Waals surface area contributed by atoms with Gasteiger partial charge in [0.2, 0.25) is 0 Å². The van der Waals surface area contributed by atoms with Gasteiger partial charge in [-0.05, 0) is 31.5 Å². The van der Waals surface area contributed by atoms with Crippen molar-refractivity contribution in [1.29, 1.82) is 0 Å². The fourth-order valence-electron chi connectivity index (χ4n) is 2.06. The highest BCUT2D eigenvalue weighted by molar-refractivity contribution is 5.44. The molecule has 0 amide bonds. The third-order valence-electron chi connectivity index (χ3n) is 3.17. The molecule has 0 fully saturated rings. The lowest BCUT2D eigenvalue weighted by atomic mass is 10.1. The summed E-state index contributed by atoms with van der Waals surface area (Å²) < 4.78 is 16.7. The first kappa shape index (κ1) is 14.2. The number of benzene rings is 1. The molecule has 0 aliphatic carbocycles. The predicted molar refractivity (Wildman–Crippen MR) is 75.0 cm³/mol. The van der Waals surface area contributed by atoms with E-state index in [-0.39, 0.29) is 6.04 Å². The van der Waals surface area contributed by atoms with E-state index in [2.05, 4.69) is 24.4 Å². The molecule has 0 spiro atoms. The Morgan fingerprint density at radius 3 is 2.84 bits per heavy atom. The Bertz CT molecular complexity index is 395. The lowest BCUT2D eigenvalue weighted by Crippen LogP contribution is -2.23. The monoisotopic (exact) mass is 265 g/mol. The van der Waals surface area contributed by atoms with Gasteiger partial charge >= 0.3 is 0 Å². The van der Waals surface area contributed by atoms with Crippen LogP contribution in [0.2, 0.25) is 0 Å². The van der Waals surface area contributed by atoms with Gasteiger partial charge in [0.25, 0.3) is 0 Å². The van der Waals surface area contributed by atoms with Crippen LogP contribution in [-0.2, 0) is 4.74 Å². The van der Waals surface area contributed by atoms with Gasteiger partial charge in [0.05, 0.1) is 19.8 Å². The number of ether oxygens (including phenoxy) is 3. The van der Waals surface area contributed by atoms with E-state index in [1.165, 1.54) is 5.56 Å². The van der Waals surface area contributed by atoms with Gasteiger partial charge in [-0.2, -0.15) is 0 Å². The van der Waals surface area contributed by atoms with Gasteiger partial charge in [0.15, 0.2) is 11.5 Å². The lowest BCUT2D eigenvalue weighted by molar-refractivity contribution is 0.147. The first-order valence-corrected chi connectivity index (χ1v) is 7.02. The van der Waals surface area contributed by atoms with Crippen LogP contribution in [0.4, 0.5) is 0 Å². The molecule has 4 heteroatoms. The van der Waals surface area contributed by atoms with E-state index in [0.29, 0.717) is 0 Å². The quantitative estimate of drug-likeness (QED) is 0.802. The zero-order valence-electron chi connectivity index (χ0n) is 11.8. The summed E-state index contributed by atoms with van der Waals surface area (Å²) >= 11 is 0. The first-order valence-electron chi connectivity index (χ1n) is 7.02. The number of rotatable bonds is 6. The summed E-state index contributed by atoms with van der Waals surface area (Å²) in [4.78, 5) is 0. The van der Waals surface area contributed by atoms with Crippen molar-refractivity contribution in [3.8, 4) is 11.5 Å². The van der Waals surface area contributed by atoms with E-state index in [1.54, 1.807) is 0 Å². The summed E-state index contributed by atoms with van der Waals surface area (Å²) in [5, 5.41) is 3.43.